The standard InChI is InChI=1S/C14H24O.C14H26.C13H22.2C11H20.C10H19F.C10H17N.C10H20.C9H16Cl2.C9H15Cl.C9H17F.C9H16/c1-9(2)13-11-4-10-5-12(13)8-14(6-10,7-11)15-3;1-12(2)13-6-10-14(11-7-13)8-4-3-5-9-14;1-8(2)11-6-12-9-3-4-10(5-9)13(12)7-11;1-9(2)10-3-5-11(6-4-10)7-8-11;1-4-10-5-7-11(8-6-10)9(2)3;1-8(2)9-4-6-10(3,11)7-5-9;1-9(2)10(8-11)6-4-3-5-7-10;1-8(2)10-6-4-9(3)5-7-10;1-7(2)8-3-5-9(10,11)6-4-8;1-7(2)8-3-5-9(10)6-4-8;1-8(2)9(10)6-4-3-5-7-9;1-8(2)9-6-4-3-5-7-9/h9-13H,4-8H2,1-3H3;12-13H,3-11H2,1-2H3;8-13H,3-7H2,1-2H3;9-10H,3-8H2,1-2H3;5,9,11H,4,6-8H2,1-3H3;8-9H,4-7H2,1-3H3;9H,3-7H2,1-2H3;8-10H,4-7H2,1-3H3;7-8H,3-6H2,1-2H3;5,7-8H,3-4,6H2,1-2H3;8H,3-7H2,1-2H3;3-4,8-9H,5-7H2,1-2H3. The van der Waals surface area contributed by atoms with Crippen molar-refractivity contribution >= 4 is 34.8 Å². The molecule has 136 heavy (non-hydrogen) atoms. The lowest BCUT2D eigenvalue weighted by atomic mass is 9.48. The molecule has 19 rings (SSSR count). The molecule has 19 aliphatic rings. The van der Waals surface area contributed by atoms with E-state index < -0.39 is 15.7 Å². The van der Waals surface area contributed by atoms with Gasteiger partial charge in [-0.2, -0.15) is 5.26 Å². The predicted octanol–water partition coefficient (Wildman–Crippen LogP) is 43.4. The molecule has 7 heteroatoms. The topological polar surface area (TPSA) is 33.0 Å². The molecule has 2 spiro atoms. The molecule has 2 nitrogen and oxygen atoms in total. The highest BCUT2D eigenvalue weighted by Crippen LogP contribution is 2.64. The molecule has 0 radical (unpaired) electrons. The number of methoxy groups -OCH3 is 1. The monoisotopic (exact) mass is 1950 g/mol. The Balaban J connectivity index is 0.000000203. The van der Waals surface area contributed by atoms with Gasteiger partial charge in [-0.25, -0.2) is 8.78 Å². The first-order valence-corrected chi connectivity index (χ1v) is 61.7. The molecule has 9 unspecified atom stereocenters. The molecule has 9 atom stereocenters. The van der Waals surface area contributed by atoms with E-state index in [-0.39, 0.29) is 11.3 Å². The summed E-state index contributed by atoms with van der Waals surface area (Å²) in [5.74, 6) is 27.8. The fraction of sp³-hybridized carbons (Fsp3) is 0.946. The van der Waals surface area contributed by atoms with Crippen molar-refractivity contribution in [1.29, 1.82) is 5.26 Å². The maximum atomic E-state index is 13.7. The van der Waals surface area contributed by atoms with Gasteiger partial charge in [0.15, 0.2) is 0 Å². The average molecular weight is 1960 g/mol. The summed E-state index contributed by atoms with van der Waals surface area (Å²) < 4.78 is 32.5. The highest BCUT2D eigenvalue weighted by molar-refractivity contribution is 6.48. The molecular weight excluding hydrogens is 1720 g/mol. The zero-order chi connectivity index (χ0) is 101. The Hall–Kier alpha value is -0.600. The maximum absolute atomic E-state index is 13.7. The van der Waals surface area contributed by atoms with Gasteiger partial charge in [0.05, 0.1) is 17.1 Å². The number of fused-ring (bicyclic) bond motifs is 5. The third kappa shape index (κ3) is 40.5. The molecule has 0 aromatic heterocycles. The van der Waals surface area contributed by atoms with Gasteiger partial charge in [-0.3, -0.25) is 0 Å². The third-order valence-electron chi connectivity index (χ3n) is 41.8. The van der Waals surface area contributed by atoms with E-state index in [4.69, 9.17) is 44.8 Å². The van der Waals surface area contributed by atoms with E-state index in [0.29, 0.717) is 11.5 Å². The van der Waals surface area contributed by atoms with E-state index in [9.17, 15) is 8.78 Å². The van der Waals surface area contributed by atoms with Crippen LogP contribution < -0.4 is 0 Å². The molecule has 0 amide bonds. The first-order chi connectivity index (χ1) is 64.1. The normalized spacial score (nSPS) is 34.5. The first-order valence-electron chi connectivity index (χ1n) is 60.5. The van der Waals surface area contributed by atoms with E-state index in [1.54, 1.807) is 96.0 Å². The smallest absolute Gasteiger partial charge is 0.118 e. The molecule has 794 valence electrons. The van der Waals surface area contributed by atoms with Crippen molar-refractivity contribution in [3.63, 3.8) is 0 Å². The Morgan fingerprint density at radius 3 is 1.10 bits per heavy atom. The van der Waals surface area contributed by atoms with Crippen molar-refractivity contribution in [3.8, 4) is 6.07 Å². The number of ether oxygens (including phenoxy) is 1. The Kier molecular flexibility index (Phi) is 53.6. The van der Waals surface area contributed by atoms with Gasteiger partial charge >= 0.3 is 0 Å². The van der Waals surface area contributed by atoms with Gasteiger partial charge in [-0.05, 0) is 491 Å². The van der Waals surface area contributed by atoms with Crippen LogP contribution in [-0.4, -0.2) is 28.4 Å². The van der Waals surface area contributed by atoms with Gasteiger partial charge in [0.25, 0.3) is 0 Å². The lowest BCUT2D eigenvalue weighted by Gasteiger charge is -2.60. The summed E-state index contributed by atoms with van der Waals surface area (Å²) in [6.45, 7) is 61.7. The highest BCUT2D eigenvalue weighted by Gasteiger charge is 2.57. The summed E-state index contributed by atoms with van der Waals surface area (Å²) in [7, 11) is 1.94. The van der Waals surface area contributed by atoms with Gasteiger partial charge in [-0.15, -0.1) is 23.2 Å². The lowest BCUT2D eigenvalue weighted by Crippen LogP contribution is -2.56. The third-order valence-corrected chi connectivity index (χ3v) is 42.9. The Labute approximate surface area is 863 Å². The summed E-state index contributed by atoms with van der Waals surface area (Å²) in [5, 5.41) is 10.1. The number of hydrogen-bond donors (Lipinski definition) is 0. The summed E-state index contributed by atoms with van der Waals surface area (Å²) in [4.78, 5) is 0. The van der Waals surface area contributed by atoms with Crippen molar-refractivity contribution in [1.82, 2.24) is 0 Å². The van der Waals surface area contributed by atoms with E-state index in [1.165, 1.54) is 223 Å². The molecule has 0 N–H and O–H groups in total. The fourth-order valence-electron chi connectivity index (χ4n) is 30.2. The van der Waals surface area contributed by atoms with Crippen molar-refractivity contribution in [2.75, 3.05) is 7.11 Å². The Morgan fingerprint density at radius 1 is 0.375 bits per heavy atom. The van der Waals surface area contributed by atoms with Crippen molar-refractivity contribution in [3.05, 3.63) is 34.9 Å². The molecule has 6 bridgehead atoms. The minimum absolute atomic E-state index is 0.0260. The van der Waals surface area contributed by atoms with Crippen LogP contribution in [0.2, 0.25) is 0 Å². The van der Waals surface area contributed by atoms with Crippen LogP contribution in [-0.2, 0) is 4.74 Å². The van der Waals surface area contributed by atoms with Crippen LogP contribution in [0.15, 0.2) is 34.9 Å². The molecule has 0 aliphatic heterocycles. The summed E-state index contributed by atoms with van der Waals surface area (Å²) in [6, 6.07) is 2.52. The molecule has 0 heterocycles. The van der Waals surface area contributed by atoms with Crippen molar-refractivity contribution in [2.24, 2.45) is 194 Å². The zero-order valence-corrected chi connectivity index (χ0v) is 97.9. The minimum Gasteiger partial charge on any atom is -0.378 e. The molecule has 16 saturated carbocycles. The maximum Gasteiger partial charge on any atom is 0.118 e. The number of allylic oxidation sites excluding steroid dienone is 6. The number of alkyl halides is 4. The van der Waals surface area contributed by atoms with Gasteiger partial charge < -0.3 is 4.74 Å². The quantitative estimate of drug-likeness (QED) is 0.128. The van der Waals surface area contributed by atoms with Crippen LogP contribution in [0, 0.1) is 205 Å². The van der Waals surface area contributed by atoms with Crippen LogP contribution in [0.25, 0.3) is 0 Å². The Morgan fingerprint density at radius 2 is 0.765 bits per heavy atom. The van der Waals surface area contributed by atoms with Crippen LogP contribution in [0.4, 0.5) is 8.78 Å². The Bertz CT molecular complexity index is 3190. The van der Waals surface area contributed by atoms with Crippen LogP contribution >= 0.6 is 34.8 Å². The van der Waals surface area contributed by atoms with Crippen molar-refractivity contribution < 1.29 is 13.5 Å². The molecule has 0 aromatic carbocycles. The van der Waals surface area contributed by atoms with Gasteiger partial charge in [0, 0.05) is 12.1 Å². The second kappa shape index (κ2) is 59.6. The van der Waals surface area contributed by atoms with E-state index >= 15 is 0 Å². The number of hydrogen-bond acceptors (Lipinski definition) is 2. The average Bonchev–Trinajstić information content (AvgIpc) is 0.762. The van der Waals surface area contributed by atoms with E-state index in [2.05, 4.69) is 197 Å². The van der Waals surface area contributed by atoms with E-state index in [1.807, 2.05) is 21.0 Å². The van der Waals surface area contributed by atoms with Crippen LogP contribution in [0.5, 0.6) is 0 Å². The molecular formula is C129H232Cl3F2NO. The largest absolute Gasteiger partial charge is 0.378 e. The van der Waals surface area contributed by atoms with Gasteiger partial charge in [0.2, 0.25) is 0 Å². The number of rotatable bonds is 14. The predicted molar refractivity (Wildman–Crippen MR) is 597 cm³/mol. The van der Waals surface area contributed by atoms with Crippen LogP contribution in [0.3, 0.4) is 0 Å². The zero-order valence-electron chi connectivity index (χ0n) is 95.7. The highest BCUT2D eigenvalue weighted by atomic mass is 35.5. The summed E-state index contributed by atoms with van der Waals surface area (Å²) in [5.41, 5.74) is 2.06. The minimum atomic E-state index is -0.856. The van der Waals surface area contributed by atoms with Gasteiger partial charge in [-0.1, -0.05) is 292 Å². The van der Waals surface area contributed by atoms with Crippen molar-refractivity contribution in [2.45, 2.75) is 574 Å². The second-order valence-electron chi connectivity index (χ2n) is 55.2. The molecule has 19 aliphatic carbocycles. The molecule has 16 fully saturated rings. The summed E-state index contributed by atoms with van der Waals surface area (Å²) in [6.07, 6.45) is 85.5. The summed E-state index contributed by atoms with van der Waals surface area (Å²) >= 11 is 17.9. The van der Waals surface area contributed by atoms with E-state index in [0.717, 1.165) is 241 Å². The SMILES string of the molecule is CC(C)C1(C#N)CCCCC1.CC(C)C1(F)CCCCC1.CC(C)C1CC2C3CCC(C3)C2C1.CC(C)C1CC=C(Cl)CC1.CC(C)C1CC=CCC1.CC(C)C1CCC(C)(F)CC1.CC(C)C1CCC(Cl)(Cl)CC1.CC(C)C1CCC2(CC1)CC2.CC(C)C1CCC2(CCCCC2)CC1.CC1CCC(C(C)C)CC1.CCC1=CCC(C(C)C)CC1.COC12CC3CC(C1)C(C(C)C)C(C3)C2. The van der Waals surface area contributed by atoms with Crippen LogP contribution in [0.1, 0.15) is 553 Å². The molecule has 0 aromatic rings. The second-order valence-corrected chi connectivity index (χ2v) is 57.3. The lowest BCUT2D eigenvalue weighted by molar-refractivity contribution is -0.176. The number of nitriles is 1. The fourth-order valence-corrected chi connectivity index (χ4v) is 30.9. The molecule has 0 saturated heterocycles. The number of nitrogens with zero attached hydrogens (tertiary/aromatic N) is 1. The number of halogens is 5. The first kappa shape index (κ1) is 122. The van der Waals surface area contributed by atoms with Gasteiger partial charge in [0.1, 0.15) is 15.7 Å².